The zero-order valence-corrected chi connectivity index (χ0v) is 10.9. The lowest BCUT2D eigenvalue weighted by atomic mass is 10.0. The Balaban J connectivity index is 2.26. The Hall–Kier alpha value is -2.56. The number of hydrogen-bond donors (Lipinski definition) is 2. The molecule has 5 heteroatoms. The molecule has 2 heterocycles. The van der Waals surface area contributed by atoms with E-state index in [-0.39, 0.29) is 0 Å². The van der Waals surface area contributed by atoms with Gasteiger partial charge in [0.15, 0.2) is 0 Å². The van der Waals surface area contributed by atoms with Gasteiger partial charge >= 0.3 is 0 Å². The van der Waals surface area contributed by atoms with Crippen LogP contribution in [0.3, 0.4) is 0 Å². The molecule has 0 unspecified atom stereocenters. The number of aromatic nitrogens is 4. The fourth-order valence-corrected chi connectivity index (χ4v) is 2.20. The van der Waals surface area contributed by atoms with Gasteiger partial charge in [-0.1, -0.05) is 29.8 Å². The average Bonchev–Trinajstić information content (AvgIpc) is 2.99. The molecule has 0 radical (unpaired) electrons. The summed E-state index contributed by atoms with van der Waals surface area (Å²) in [6, 6.07) is 10.1. The highest BCUT2D eigenvalue weighted by molar-refractivity contribution is 5.87. The second-order valence-electron chi connectivity index (χ2n) is 4.57. The molecule has 1 aromatic carbocycles. The molecule has 2 aromatic heterocycles. The number of nitrogen functional groups attached to an aromatic ring is 1. The number of aryl methyl sites for hydroxylation is 2. The lowest BCUT2D eigenvalue weighted by Gasteiger charge is -2.04. The maximum absolute atomic E-state index is 6.16. The molecule has 19 heavy (non-hydrogen) atoms. The first-order chi connectivity index (χ1) is 9.16. The van der Waals surface area contributed by atoms with Gasteiger partial charge in [0.2, 0.25) is 0 Å². The van der Waals surface area contributed by atoms with Gasteiger partial charge in [-0.2, -0.15) is 10.2 Å². The quantitative estimate of drug-likeness (QED) is 0.736. The van der Waals surface area contributed by atoms with Crippen molar-refractivity contribution in [2.75, 3.05) is 5.73 Å². The van der Waals surface area contributed by atoms with Crippen molar-refractivity contribution < 1.29 is 0 Å². The number of nitrogens with one attached hydrogen (secondary N) is 1. The molecule has 0 aliphatic heterocycles. The normalized spacial score (nSPS) is 10.8. The van der Waals surface area contributed by atoms with Crippen molar-refractivity contribution in [3.8, 4) is 22.5 Å². The molecule has 96 valence electrons. The molecule has 0 aliphatic carbocycles. The van der Waals surface area contributed by atoms with Gasteiger partial charge in [-0.3, -0.25) is 9.78 Å². The molecule has 0 spiro atoms. The molecule has 0 amide bonds. The maximum atomic E-state index is 6.16. The van der Waals surface area contributed by atoms with E-state index in [2.05, 4.69) is 34.4 Å². The molecule has 5 nitrogen and oxygen atoms in total. The minimum Gasteiger partial charge on any atom is -0.383 e. The summed E-state index contributed by atoms with van der Waals surface area (Å²) in [5.41, 5.74) is 11.0. The number of benzene rings is 1. The number of hydrogen-bond acceptors (Lipinski definition) is 3. The number of nitrogens with two attached hydrogens (primary N) is 1. The van der Waals surface area contributed by atoms with E-state index in [0.717, 1.165) is 22.5 Å². The number of H-pyrrole nitrogens is 1. The summed E-state index contributed by atoms with van der Waals surface area (Å²) in [5.74, 6) is 0.648. The monoisotopic (exact) mass is 253 g/mol. The zero-order valence-electron chi connectivity index (χ0n) is 10.9. The van der Waals surface area contributed by atoms with Gasteiger partial charge in [-0.25, -0.2) is 0 Å². The van der Waals surface area contributed by atoms with Crippen LogP contribution < -0.4 is 5.73 Å². The summed E-state index contributed by atoms with van der Waals surface area (Å²) < 4.78 is 1.69. The van der Waals surface area contributed by atoms with Gasteiger partial charge in [0.05, 0.1) is 11.3 Å². The Morgan fingerprint density at radius 3 is 2.79 bits per heavy atom. The van der Waals surface area contributed by atoms with E-state index < -0.39 is 0 Å². The fourth-order valence-electron chi connectivity index (χ4n) is 2.20. The van der Waals surface area contributed by atoms with Gasteiger partial charge < -0.3 is 5.73 Å². The minimum absolute atomic E-state index is 0.648. The minimum atomic E-state index is 0.648. The predicted octanol–water partition coefficient (Wildman–Crippen LogP) is 2.37. The molecule has 0 atom stereocenters. The van der Waals surface area contributed by atoms with E-state index in [0.29, 0.717) is 5.82 Å². The van der Waals surface area contributed by atoms with Crippen LogP contribution in [-0.2, 0) is 7.05 Å². The lowest BCUT2D eigenvalue weighted by molar-refractivity contribution is 0.781. The number of nitrogens with zero attached hydrogens (tertiary/aromatic N) is 3. The van der Waals surface area contributed by atoms with Crippen molar-refractivity contribution >= 4 is 5.82 Å². The van der Waals surface area contributed by atoms with Crippen molar-refractivity contribution in [3.05, 3.63) is 42.1 Å². The van der Waals surface area contributed by atoms with E-state index in [1.54, 1.807) is 10.9 Å². The van der Waals surface area contributed by atoms with E-state index >= 15 is 0 Å². The SMILES string of the molecule is Cc1cccc(-c2c(-c3ccn[nH]3)nn(C)c2N)c1. The van der Waals surface area contributed by atoms with Crippen molar-refractivity contribution in [3.63, 3.8) is 0 Å². The first-order valence-electron chi connectivity index (χ1n) is 6.06. The number of aromatic amines is 1. The maximum Gasteiger partial charge on any atom is 0.129 e. The molecule has 3 aromatic rings. The average molecular weight is 253 g/mol. The van der Waals surface area contributed by atoms with Crippen LogP contribution in [-0.4, -0.2) is 20.0 Å². The Bertz CT molecular complexity index is 710. The first-order valence-corrected chi connectivity index (χ1v) is 6.06. The third-order valence-electron chi connectivity index (χ3n) is 3.15. The number of rotatable bonds is 2. The highest BCUT2D eigenvalue weighted by atomic mass is 15.3. The molecule has 0 fully saturated rings. The van der Waals surface area contributed by atoms with Crippen LogP contribution in [0.4, 0.5) is 5.82 Å². The molecule has 0 saturated heterocycles. The Morgan fingerprint density at radius 1 is 1.26 bits per heavy atom. The fraction of sp³-hybridized carbons (Fsp3) is 0.143. The van der Waals surface area contributed by atoms with E-state index in [1.165, 1.54) is 5.56 Å². The lowest BCUT2D eigenvalue weighted by Crippen LogP contribution is -1.98. The van der Waals surface area contributed by atoms with E-state index in [4.69, 9.17) is 5.73 Å². The van der Waals surface area contributed by atoms with E-state index in [9.17, 15) is 0 Å². The Labute approximate surface area is 111 Å². The standard InChI is InChI=1S/C14H15N5/c1-9-4-3-5-10(8-9)12-13(11-6-7-16-17-11)18-19(2)14(12)15/h3-8H,15H2,1-2H3,(H,16,17). The van der Waals surface area contributed by atoms with Crippen LogP contribution in [0.1, 0.15) is 5.56 Å². The van der Waals surface area contributed by atoms with Crippen molar-refractivity contribution in [2.45, 2.75) is 6.92 Å². The molecule has 0 saturated carbocycles. The predicted molar refractivity (Wildman–Crippen MR) is 75.4 cm³/mol. The van der Waals surface area contributed by atoms with Gasteiger partial charge in [-0.05, 0) is 18.6 Å². The van der Waals surface area contributed by atoms with Gasteiger partial charge in [-0.15, -0.1) is 0 Å². The third kappa shape index (κ3) is 1.89. The summed E-state index contributed by atoms with van der Waals surface area (Å²) in [5, 5.41) is 11.4. The van der Waals surface area contributed by atoms with Crippen LogP contribution in [0.25, 0.3) is 22.5 Å². The Morgan fingerprint density at radius 2 is 2.11 bits per heavy atom. The molecule has 0 aliphatic rings. The van der Waals surface area contributed by atoms with Gasteiger partial charge in [0.1, 0.15) is 11.5 Å². The van der Waals surface area contributed by atoms with Crippen LogP contribution in [0.5, 0.6) is 0 Å². The Kier molecular flexibility index (Phi) is 2.59. The second kappa shape index (κ2) is 4.28. The summed E-state index contributed by atoms with van der Waals surface area (Å²) >= 11 is 0. The van der Waals surface area contributed by atoms with Gasteiger partial charge in [0.25, 0.3) is 0 Å². The third-order valence-corrected chi connectivity index (χ3v) is 3.15. The summed E-state index contributed by atoms with van der Waals surface area (Å²) in [6.45, 7) is 2.06. The van der Waals surface area contributed by atoms with E-state index in [1.807, 2.05) is 25.2 Å². The molecular weight excluding hydrogens is 238 g/mol. The summed E-state index contributed by atoms with van der Waals surface area (Å²) in [4.78, 5) is 0. The first kappa shape index (κ1) is 11.5. The molecule has 0 bridgehead atoms. The highest BCUT2D eigenvalue weighted by Crippen LogP contribution is 2.35. The molecule has 3 rings (SSSR count). The molecule has 3 N–H and O–H groups in total. The number of anilines is 1. The zero-order chi connectivity index (χ0) is 13.4. The van der Waals surface area contributed by atoms with Crippen molar-refractivity contribution in [1.29, 1.82) is 0 Å². The summed E-state index contributed by atoms with van der Waals surface area (Å²) in [6.07, 6.45) is 1.71. The molecular formula is C14H15N5. The van der Waals surface area contributed by atoms with Gasteiger partial charge in [0, 0.05) is 13.2 Å². The van der Waals surface area contributed by atoms with Crippen LogP contribution in [0.15, 0.2) is 36.5 Å². The smallest absolute Gasteiger partial charge is 0.129 e. The van der Waals surface area contributed by atoms with Crippen LogP contribution in [0, 0.1) is 6.92 Å². The van der Waals surface area contributed by atoms with Crippen LogP contribution in [0.2, 0.25) is 0 Å². The largest absolute Gasteiger partial charge is 0.383 e. The van der Waals surface area contributed by atoms with Crippen molar-refractivity contribution in [1.82, 2.24) is 20.0 Å². The van der Waals surface area contributed by atoms with Crippen molar-refractivity contribution in [2.24, 2.45) is 7.05 Å². The highest BCUT2D eigenvalue weighted by Gasteiger charge is 2.18. The van der Waals surface area contributed by atoms with Crippen LogP contribution >= 0.6 is 0 Å². The summed E-state index contributed by atoms with van der Waals surface area (Å²) in [7, 11) is 1.84. The second-order valence-corrected chi connectivity index (χ2v) is 4.57. The topological polar surface area (TPSA) is 72.5 Å².